The van der Waals surface area contributed by atoms with Crippen LogP contribution in [0, 0.1) is 5.92 Å². The fraction of sp³-hybridized carbons (Fsp3) is 0.500. The average molecular weight is 409 g/mol. The summed E-state index contributed by atoms with van der Waals surface area (Å²) >= 11 is 0. The second kappa shape index (κ2) is 11.3. The number of hydrogen-bond acceptors (Lipinski definition) is 3. The molecule has 4 heteroatoms. The predicted octanol–water partition coefficient (Wildman–Crippen LogP) is 4.49. The fourth-order valence-electron chi connectivity index (χ4n) is 3.89. The molecule has 1 amide bonds. The van der Waals surface area contributed by atoms with Crippen molar-refractivity contribution in [2.75, 3.05) is 45.9 Å². The quantitative estimate of drug-likeness (QED) is 0.635. The molecule has 0 radical (unpaired) electrons. The Hall–Kier alpha value is -2.17. The number of aryl methyl sites for hydroxylation is 1. The Balaban J connectivity index is 1.70. The number of hydrogen-bond donors (Lipinski definition) is 0. The Morgan fingerprint density at radius 1 is 1.23 bits per heavy atom. The van der Waals surface area contributed by atoms with Gasteiger partial charge in [-0.25, -0.2) is 0 Å². The summed E-state index contributed by atoms with van der Waals surface area (Å²) in [5.74, 6) is 0.723. The molecule has 4 nitrogen and oxygen atoms in total. The molecule has 1 atom stereocenters. The molecule has 1 heterocycles. The van der Waals surface area contributed by atoms with Gasteiger partial charge in [0.15, 0.2) is 0 Å². The Kier molecular flexibility index (Phi) is 8.47. The molecular weight excluding hydrogens is 372 g/mol. The van der Waals surface area contributed by atoms with Gasteiger partial charge in [-0.3, -0.25) is 9.69 Å². The van der Waals surface area contributed by atoms with Gasteiger partial charge >= 0.3 is 0 Å². The molecule has 0 bridgehead atoms. The van der Waals surface area contributed by atoms with Crippen molar-refractivity contribution in [1.29, 1.82) is 0 Å². The molecule has 2 aliphatic rings. The number of amides is 1. The number of carbonyl (C=O) groups is 1. The largest absolute Gasteiger partial charge is 0.379 e. The highest BCUT2D eigenvalue weighted by Crippen LogP contribution is 2.18. The second-order valence-corrected chi connectivity index (χ2v) is 8.50. The molecule has 30 heavy (non-hydrogen) atoms. The Bertz CT molecular complexity index is 786. The maximum atomic E-state index is 13.3. The van der Waals surface area contributed by atoms with E-state index in [1.54, 1.807) is 0 Å². The molecule has 0 unspecified atom stereocenters. The maximum Gasteiger partial charge on any atom is 0.254 e. The molecule has 1 aliphatic heterocycles. The first kappa shape index (κ1) is 22.5. The van der Waals surface area contributed by atoms with Gasteiger partial charge < -0.3 is 9.64 Å². The number of allylic oxidation sites excluding steroid dienone is 5. The lowest BCUT2D eigenvalue weighted by molar-refractivity contribution is 0.0330. The van der Waals surface area contributed by atoms with Gasteiger partial charge in [-0.05, 0) is 49.0 Å². The van der Waals surface area contributed by atoms with Crippen LogP contribution in [-0.2, 0) is 11.2 Å². The first-order valence-electron chi connectivity index (χ1n) is 11.3. The summed E-state index contributed by atoms with van der Waals surface area (Å²) in [5, 5.41) is 0. The van der Waals surface area contributed by atoms with E-state index in [1.807, 2.05) is 17.0 Å². The van der Waals surface area contributed by atoms with Crippen LogP contribution in [0.2, 0.25) is 0 Å². The lowest BCUT2D eigenvalue weighted by Crippen LogP contribution is -2.43. The third-order valence-corrected chi connectivity index (χ3v) is 5.88. The predicted molar refractivity (Wildman–Crippen MR) is 124 cm³/mol. The van der Waals surface area contributed by atoms with E-state index in [1.165, 1.54) is 16.7 Å². The SMILES string of the molecule is CCc1ccc(C(=O)N(CCN2CCOCC2)C/C(C)=C/C2=CC[C@@H](C)C=C2)cc1. The minimum Gasteiger partial charge on any atom is -0.379 e. The van der Waals surface area contributed by atoms with Crippen LogP contribution < -0.4 is 0 Å². The first-order valence-corrected chi connectivity index (χ1v) is 11.3. The highest BCUT2D eigenvalue weighted by atomic mass is 16.5. The smallest absolute Gasteiger partial charge is 0.254 e. The summed E-state index contributed by atoms with van der Waals surface area (Å²) in [5.41, 5.74) is 4.49. The van der Waals surface area contributed by atoms with Crippen molar-refractivity contribution < 1.29 is 9.53 Å². The summed E-state index contributed by atoms with van der Waals surface area (Å²) in [6.45, 7) is 12.2. The van der Waals surface area contributed by atoms with E-state index in [2.05, 4.69) is 62.1 Å². The number of benzene rings is 1. The van der Waals surface area contributed by atoms with Gasteiger partial charge in [0.05, 0.1) is 13.2 Å². The van der Waals surface area contributed by atoms with Crippen LogP contribution in [0.4, 0.5) is 0 Å². The molecule has 0 aromatic heterocycles. The molecule has 1 aromatic carbocycles. The first-order chi connectivity index (χ1) is 14.5. The lowest BCUT2D eigenvalue weighted by atomic mass is 9.97. The monoisotopic (exact) mass is 408 g/mol. The molecule has 0 saturated carbocycles. The summed E-state index contributed by atoms with van der Waals surface area (Å²) in [4.78, 5) is 17.7. The molecule has 3 rings (SSSR count). The molecule has 0 N–H and O–H groups in total. The van der Waals surface area contributed by atoms with Gasteiger partial charge in [0.2, 0.25) is 0 Å². The summed E-state index contributed by atoms with van der Waals surface area (Å²) < 4.78 is 5.46. The lowest BCUT2D eigenvalue weighted by Gasteiger charge is -2.30. The van der Waals surface area contributed by atoms with Crippen LogP contribution in [0.25, 0.3) is 0 Å². The average Bonchev–Trinajstić information content (AvgIpc) is 2.78. The van der Waals surface area contributed by atoms with Gasteiger partial charge in [0.25, 0.3) is 5.91 Å². The van der Waals surface area contributed by atoms with Crippen molar-refractivity contribution in [3.05, 3.63) is 70.8 Å². The van der Waals surface area contributed by atoms with Crippen LogP contribution in [0.3, 0.4) is 0 Å². The van der Waals surface area contributed by atoms with Crippen LogP contribution in [0.5, 0.6) is 0 Å². The number of nitrogens with zero attached hydrogens (tertiary/aromatic N) is 2. The number of rotatable bonds is 8. The highest BCUT2D eigenvalue weighted by Gasteiger charge is 2.19. The molecule has 1 fully saturated rings. The van der Waals surface area contributed by atoms with Crippen molar-refractivity contribution in [2.45, 2.75) is 33.6 Å². The van der Waals surface area contributed by atoms with E-state index < -0.39 is 0 Å². The second-order valence-electron chi connectivity index (χ2n) is 8.50. The van der Waals surface area contributed by atoms with Crippen LogP contribution in [0.1, 0.15) is 43.1 Å². The van der Waals surface area contributed by atoms with Gasteiger partial charge in [0, 0.05) is 38.3 Å². The Morgan fingerprint density at radius 2 is 1.97 bits per heavy atom. The Labute approximate surface area is 181 Å². The van der Waals surface area contributed by atoms with Crippen molar-refractivity contribution in [2.24, 2.45) is 5.92 Å². The van der Waals surface area contributed by atoms with Gasteiger partial charge in [-0.2, -0.15) is 0 Å². The minimum absolute atomic E-state index is 0.112. The van der Waals surface area contributed by atoms with E-state index in [0.29, 0.717) is 12.5 Å². The topological polar surface area (TPSA) is 32.8 Å². The summed E-state index contributed by atoms with van der Waals surface area (Å²) in [6, 6.07) is 8.06. The standard InChI is InChI=1S/C26H36N2O2/c1-4-23-9-11-25(12-10-23)26(29)28(14-13-27-15-17-30-18-16-27)20-22(3)19-24-7-5-21(2)6-8-24/h5,7-12,19,21H,4,6,13-18,20H2,1-3H3/b22-19+/t21-/m0/s1. The van der Waals surface area contributed by atoms with E-state index in [0.717, 1.165) is 57.8 Å². The normalized spacial score (nSPS) is 20.2. The zero-order valence-corrected chi connectivity index (χ0v) is 18.8. The van der Waals surface area contributed by atoms with Gasteiger partial charge in [0.1, 0.15) is 0 Å². The van der Waals surface area contributed by atoms with Crippen molar-refractivity contribution in [3.8, 4) is 0 Å². The van der Waals surface area contributed by atoms with Crippen molar-refractivity contribution in [1.82, 2.24) is 9.80 Å². The molecule has 1 aliphatic carbocycles. The van der Waals surface area contributed by atoms with Crippen molar-refractivity contribution in [3.63, 3.8) is 0 Å². The minimum atomic E-state index is 0.112. The van der Waals surface area contributed by atoms with E-state index in [-0.39, 0.29) is 5.91 Å². The summed E-state index contributed by atoms with van der Waals surface area (Å²) in [7, 11) is 0. The van der Waals surface area contributed by atoms with E-state index >= 15 is 0 Å². The molecule has 0 spiro atoms. The maximum absolute atomic E-state index is 13.3. The molecule has 162 valence electrons. The van der Waals surface area contributed by atoms with Crippen LogP contribution >= 0.6 is 0 Å². The number of ether oxygens (including phenoxy) is 1. The number of carbonyl (C=O) groups excluding carboxylic acids is 1. The third kappa shape index (κ3) is 6.68. The molecule has 1 saturated heterocycles. The van der Waals surface area contributed by atoms with Crippen LogP contribution in [-0.4, -0.2) is 61.6 Å². The van der Waals surface area contributed by atoms with Crippen LogP contribution in [0.15, 0.2) is 59.7 Å². The molecular formula is C26H36N2O2. The van der Waals surface area contributed by atoms with E-state index in [9.17, 15) is 4.79 Å². The van der Waals surface area contributed by atoms with Gasteiger partial charge in [-0.1, -0.05) is 55.9 Å². The van der Waals surface area contributed by atoms with Gasteiger partial charge in [-0.15, -0.1) is 0 Å². The fourth-order valence-corrected chi connectivity index (χ4v) is 3.89. The summed E-state index contributed by atoms with van der Waals surface area (Å²) in [6.07, 6.45) is 11.0. The zero-order valence-electron chi connectivity index (χ0n) is 18.8. The highest BCUT2D eigenvalue weighted by molar-refractivity contribution is 5.94. The Morgan fingerprint density at radius 3 is 2.60 bits per heavy atom. The van der Waals surface area contributed by atoms with E-state index in [4.69, 9.17) is 4.74 Å². The zero-order chi connectivity index (χ0) is 21.3. The molecule has 1 aromatic rings. The number of morpholine rings is 1. The third-order valence-electron chi connectivity index (χ3n) is 5.88. The van der Waals surface area contributed by atoms with Crippen molar-refractivity contribution >= 4 is 5.91 Å².